The highest BCUT2D eigenvalue weighted by Crippen LogP contribution is 2.20. The highest BCUT2D eigenvalue weighted by Gasteiger charge is 2.14. The number of anilines is 2. The number of methoxy groups -OCH3 is 1. The molecule has 0 aliphatic heterocycles. The lowest BCUT2D eigenvalue weighted by atomic mass is 10.2. The topological polar surface area (TPSA) is 106 Å². The first kappa shape index (κ1) is 18.1. The van der Waals surface area contributed by atoms with Crippen molar-refractivity contribution in [2.24, 2.45) is 0 Å². The second kappa shape index (κ2) is 8.13. The molecule has 0 saturated heterocycles. The number of nitrogens with zero attached hydrogens (tertiary/aromatic N) is 2. The number of hydrogen-bond donors (Lipinski definition) is 2. The van der Waals surface area contributed by atoms with E-state index < -0.39 is 5.97 Å². The number of esters is 1. The van der Waals surface area contributed by atoms with E-state index in [9.17, 15) is 9.59 Å². The molecule has 0 aliphatic rings. The SMILES string of the molecule is COC(=O)c1ccccc1Nc1nc(C)cc(C(=O)NCc2ccco2)n1. The lowest BCUT2D eigenvalue weighted by Crippen LogP contribution is -2.24. The van der Waals surface area contributed by atoms with Gasteiger partial charge in [-0.3, -0.25) is 4.79 Å². The van der Waals surface area contributed by atoms with E-state index >= 15 is 0 Å². The number of carbonyl (C=O) groups excluding carboxylic acids is 2. The Morgan fingerprint density at radius 1 is 1.15 bits per heavy atom. The average Bonchev–Trinajstić information content (AvgIpc) is 3.19. The fraction of sp³-hybridized carbons (Fsp3) is 0.158. The Hall–Kier alpha value is -3.68. The van der Waals surface area contributed by atoms with Crippen LogP contribution in [0.25, 0.3) is 0 Å². The monoisotopic (exact) mass is 366 g/mol. The summed E-state index contributed by atoms with van der Waals surface area (Å²) in [5.74, 6) is -0.00245. The molecule has 2 N–H and O–H groups in total. The molecule has 0 atom stereocenters. The van der Waals surface area contributed by atoms with Gasteiger partial charge in [-0.1, -0.05) is 12.1 Å². The van der Waals surface area contributed by atoms with Gasteiger partial charge >= 0.3 is 5.97 Å². The van der Waals surface area contributed by atoms with Crippen LogP contribution in [0.3, 0.4) is 0 Å². The molecule has 27 heavy (non-hydrogen) atoms. The molecule has 1 amide bonds. The minimum atomic E-state index is -0.484. The molecule has 2 aromatic heterocycles. The molecular weight excluding hydrogens is 348 g/mol. The number of nitrogens with one attached hydrogen (secondary N) is 2. The molecule has 0 aliphatic carbocycles. The quantitative estimate of drug-likeness (QED) is 0.646. The molecule has 0 bridgehead atoms. The molecule has 0 fully saturated rings. The Morgan fingerprint density at radius 3 is 2.70 bits per heavy atom. The van der Waals surface area contributed by atoms with E-state index in [4.69, 9.17) is 9.15 Å². The summed E-state index contributed by atoms with van der Waals surface area (Å²) in [7, 11) is 1.31. The Morgan fingerprint density at radius 2 is 1.96 bits per heavy atom. The van der Waals surface area contributed by atoms with Crippen LogP contribution in [0.2, 0.25) is 0 Å². The van der Waals surface area contributed by atoms with Gasteiger partial charge < -0.3 is 19.8 Å². The molecule has 138 valence electrons. The van der Waals surface area contributed by atoms with Crippen LogP contribution < -0.4 is 10.6 Å². The van der Waals surface area contributed by atoms with E-state index in [0.717, 1.165) is 0 Å². The highest BCUT2D eigenvalue weighted by atomic mass is 16.5. The molecule has 8 nitrogen and oxygen atoms in total. The number of ether oxygens (including phenoxy) is 1. The summed E-state index contributed by atoms with van der Waals surface area (Å²) in [6.07, 6.45) is 1.54. The first-order valence-corrected chi connectivity index (χ1v) is 8.17. The van der Waals surface area contributed by atoms with E-state index in [1.54, 1.807) is 49.4 Å². The fourth-order valence-electron chi connectivity index (χ4n) is 2.41. The van der Waals surface area contributed by atoms with Gasteiger partial charge in [0.05, 0.1) is 31.2 Å². The van der Waals surface area contributed by atoms with Crippen LogP contribution >= 0.6 is 0 Å². The Kier molecular flexibility index (Phi) is 5.46. The van der Waals surface area contributed by atoms with Crippen LogP contribution in [-0.2, 0) is 11.3 Å². The molecule has 0 spiro atoms. The van der Waals surface area contributed by atoms with Crippen molar-refractivity contribution in [3.8, 4) is 0 Å². The number of aryl methyl sites for hydroxylation is 1. The van der Waals surface area contributed by atoms with Gasteiger partial charge in [0.15, 0.2) is 0 Å². The summed E-state index contributed by atoms with van der Waals surface area (Å²) in [6, 6.07) is 11.9. The van der Waals surface area contributed by atoms with E-state index in [-0.39, 0.29) is 24.1 Å². The van der Waals surface area contributed by atoms with Gasteiger partial charge in [0.2, 0.25) is 5.95 Å². The van der Waals surface area contributed by atoms with E-state index in [1.165, 1.54) is 13.4 Å². The van der Waals surface area contributed by atoms with Gasteiger partial charge in [0.1, 0.15) is 11.5 Å². The van der Waals surface area contributed by atoms with Crippen LogP contribution in [0.5, 0.6) is 0 Å². The number of furan rings is 1. The Labute approximate surface area is 155 Å². The predicted molar refractivity (Wildman–Crippen MR) is 97.7 cm³/mol. The van der Waals surface area contributed by atoms with Crippen LogP contribution in [0.15, 0.2) is 53.1 Å². The molecule has 3 rings (SSSR count). The number of carbonyl (C=O) groups is 2. The predicted octanol–water partition coefficient (Wildman–Crippen LogP) is 2.84. The molecule has 0 radical (unpaired) electrons. The zero-order chi connectivity index (χ0) is 19.2. The van der Waals surface area contributed by atoms with Gasteiger partial charge in [0.25, 0.3) is 5.91 Å². The summed E-state index contributed by atoms with van der Waals surface area (Å²) < 4.78 is 9.96. The van der Waals surface area contributed by atoms with Gasteiger partial charge in [-0.15, -0.1) is 0 Å². The van der Waals surface area contributed by atoms with Gasteiger partial charge in [-0.05, 0) is 37.3 Å². The molecule has 8 heteroatoms. The van der Waals surface area contributed by atoms with Gasteiger partial charge in [-0.25, -0.2) is 14.8 Å². The number of hydrogen-bond acceptors (Lipinski definition) is 7. The standard InChI is InChI=1S/C19H18N4O4/c1-12-10-16(17(24)20-11-13-6-5-9-27-13)23-19(21-12)22-15-8-4-3-7-14(15)18(25)26-2/h3-10H,11H2,1-2H3,(H,20,24)(H,21,22,23). The van der Waals surface area contributed by atoms with Crippen molar-refractivity contribution < 1.29 is 18.7 Å². The van der Waals surface area contributed by atoms with Crippen molar-refractivity contribution in [1.29, 1.82) is 0 Å². The van der Waals surface area contributed by atoms with E-state index in [1.807, 2.05) is 0 Å². The number of aromatic nitrogens is 2. The van der Waals surface area contributed by atoms with Crippen molar-refractivity contribution in [3.05, 3.63) is 71.4 Å². The summed E-state index contributed by atoms with van der Waals surface area (Å²) in [5.41, 5.74) is 1.63. The number of rotatable bonds is 6. The van der Waals surface area contributed by atoms with Gasteiger partial charge in [0, 0.05) is 5.69 Å². The first-order valence-electron chi connectivity index (χ1n) is 8.17. The second-order valence-electron chi connectivity index (χ2n) is 5.64. The summed E-state index contributed by atoms with van der Waals surface area (Å²) in [5, 5.41) is 5.71. The van der Waals surface area contributed by atoms with Crippen molar-refractivity contribution in [1.82, 2.24) is 15.3 Å². The van der Waals surface area contributed by atoms with Crippen molar-refractivity contribution in [2.45, 2.75) is 13.5 Å². The molecule has 1 aromatic carbocycles. The normalized spacial score (nSPS) is 10.3. The molecular formula is C19H18N4O4. The molecule has 0 saturated carbocycles. The van der Waals surface area contributed by atoms with E-state index in [0.29, 0.717) is 22.7 Å². The zero-order valence-electron chi connectivity index (χ0n) is 14.9. The van der Waals surface area contributed by atoms with Crippen LogP contribution in [0.4, 0.5) is 11.6 Å². The maximum atomic E-state index is 12.4. The third kappa shape index (κ3) is 4.49. The third-order valence-corrected chi connectivity index (χ3v) is 3.67. The highest BCUT2D eigenvalue weighted by molar-refractivity contribution is 5.96. The average molecular weight is 366 g/mol. The minimum absolute atomic E-state index is 0.201. The second-order valence-corrected chi connectivity index (χ2v) is 5.64. The number of benzene rings is 1. The first-order chi connectivity index (χ1) is 13.1. The maximum absolute atomic E-state index is 12.4. The van der Waals surface area contributed by atoms with Crippen molar-refractivity contribution in [2.75, 3.05) is 12.4 Å². The van der Waals surface area contributed by atoms with Crippen LogP contribution in [0, 0.1) is 6.92 Å². The molecule has 3 aromatic rings. The van der Waals surface area contributed by atoms with Crippen LogP contribution in [0.1, 0.15) is 32.3 Å². The smallest absolute Gasteiger partial charge is 0.339 e. The Bertz CT molecular complexity index is 954. The zero-order valence-corrected chi connectivity index (χ0v) is 14.9. The van der Waals surface area contributed by atoms with Crippen molar-refractivity contribution >= 4 is 23.5 Å². The third-order valence-electron chi connectivity index (χ3n) is 3.67. The fourth-order valence-corrected chi connectivity index (χ4v) is 2.41. The summed E-state index contributed by atoms with van der Waals surface area (Å²) in [6.45, 7) is 2.01. The van der Waals surface area contributed by atoms with Crippen LogP contribution in [-0.4, -0.2) is 29.0 Å². The molecule has 0 unspecified atom stereocenters. The lowest BCUT2D eigenvalue weighted by molar-refractivity contribution is 0.0601. The maximum Gasteiger partial charge on any atom is 0.339 e. The minimum Gasteiger partial charge on any atom is -0.467 e. The van der Waals surface area contributed by atoms with Gasteiger partial charge in [-0.2, -0.15) is 0 Å². The summed E-state index contributed by atoms with van der Waals surface area (Å²) >= 11 is 0. The molecule has 2 heterocycles. The number of amides is 1. The lowest BCUT2D eigenvalue weighted by Gasteiger charge is -2.11. The number of para-hydroxylation sites is 1. The summed E-state index contributed by atoms with van der Waals surface area (Å²) in [4.78, 5) is 32.8. The van der Waals surface area contributed by atoms with E-state index in [2.05, 4.69) is 20.6 Å². The largest absolute Gasteiger partial charge is 0.467 e. The van der Waals surface area contributed by atoms with Crippen molar-refractivity contribution in [3.63, 3.8) is 0 Å². The Balaban J connectivity index is 1.79.